The monoisotopic (exact) mass is 278 g/mol. The summed E-state index contributed by atoms with van der Waals surface area (Å²) < 4.78 is 38.5. The Kier molecular flexibility index (Phi) is 3.75. The second kappa shape index (κ2) is 4.74. The highest BCUT2D eigenvalue weighted by Crippen LogP contribution is 2.43. The zero-order chi connectivity index (χ0) is 13.4. The fourth-order valence-electron chi connectivity index (χ4n) is 2.43. The van der Waals surface area contributed by atoms with E-state index >= 15 is 0 Å². The van der Waals surface area contributed by atoms with E-state index in [-0.39, 0.29) is 17.9 Å². The van der Waals surface area contributed by atoms with Crippen LogP contribution in [0.4, 0.5) is 0 Å². The molecule has 6 heteroatoms. The summed E-state index contributed by atoms with van der Waals surface area (Å²) in [4.78, 5) is 0. The molecule has 1 spiro atoms. The Balaban J connectivity index is 1.85. The molecule has 1 saturated carbocycles. The van der Waals surface area contributed by atoms with Crippen LogP contribution in [0.5, 0.6) is 0 Å². The molecule has 0 radical (unpaired) electrons. The first-order valence-corrected chi connectivity index (χ1v) is 8.14. The third-order valence-corrected chi connectivity index (χ3v) is 4.07. The van der Waals surface area contributed by atoms with E-state index in [1.165, 1.54) is 0 Å². The van der Waals surface area contributed by atoms with Crippen molar-refractivity contribution in [2.45, 2.75) is 38.9 Å². The van der Waals surface area contributed by atoms with Crippen LogP contribution in [0.2, 0.25) is 0 Å². The lowest BCUT2D eigenvalue weighted by atomic mass is 9.94. The largest absolute Gasteiger partial charge is 0.349 e. The molecule has 0 bridgehead atoms. The van der Waals surface area contributed by atoms with Crippen LogP contribution < -0.4 is 0 Å². The van der Waals surface area contributed by atoms with Crippen molar-refractivity contribution in [1.29, 1.82) is 0 Å². The molecule has 5 nitrogen and oxygen atoms in total. The number of ether oxygens (including phenoxy) is 2. The van der Waals surface area contributed by atoms with Crippen molar-refractivity contribution in [3.05, 3.63) is 0 Å². The predicted molar refractivity (Wildman–Crippen MR) is 66.6 cm³/mol. The van der Waals surface area contributed by atoms with Crippen LogP contribution in [0.3, 0.4) is 0 Å². The van der Waals surface area contributed by atoms with Crippen LogP contribution >= 0.6 is 0 Å². The highest BCUT2D eigenvalue weighted by molar-refractivity contribution is 7.85. The van der Waals surface area contributed by atoms with E-state index in [2.05, 4.69) is 13.8 Å². The summed E-state index contributed by atoms with van der Waals surface area (Å²) in [5, 5.41) is 0. The van der Waals surface area contributed by atoms with Crippen molar-refractivity contribution in [3.63, 3.8) is 0 Å². The van der Waals surface area contributed by atoms with E-state index in [1.54, 1.807) is 0 Å². The lowest BCUT2D eigenvalue weighted by Gasteiger charge is -2.41. The molecule has 1 unspecified atom stereocenters. The van der Waals surface area contributed by atoms with E-state index in [4.69, 9.17) is 13.7 Å². The molecule has 2 fully saturated rings. The van der Waals surface area contributed by atoms with E-state index in [1.807, 2.05) is 0 Å². The number of rotatable bonds is 3. The molecular formula is C12H22O5S. The topological polar surface area (TPSA) is 61.8 Å². The van der Waals surface area contributed by atoms with Crippen molar-refractivity contribution in [2.75, 3.05) is 26.1 Å². The second-order valence-electron chi connectivity index (χ2n) is 6.25. The standard InChI is InChI=1S/C12H22O5S/c1-11(2)8-15-12(16-9-11)5-4-10(6-12)7-17-18(3,13)14/h10H,4-9H2,1-3H3. The average Bonchev–Trinajstić information content (AvgIpc) is 2.64. The van der Waals surface area contributed by atoms with Crippen LogP contribution in [0.1, 0.15) is 33.1 Å². The fraction of sp³-hybridized carbons (Fsp3) is 1.00. The van der Waals surface area contributed by atoms with Crippen molar-refractivity contribution in [2.24, 2.45) is 11.3 Å². The maximum atomic E-state index is 11.0. The van der Waals surface area contributed by atoms with Crippen LogP contribution in [-0.2, 0) is 23.8 Å². The van der Waals surface area contributed by atoms with Gasteiger partial charge in [-0.25, -0.2) is 0 Å². The van der Waals surface area contributed by atoms with Crippen LogP contribution in [0, 0.1) is 11.3 Å². The quantitative estimate of drug-likeness (QED) is 0.733. The van der Waals surface area contributed by atoms with Gasteiger partial charge in [0.05, 0.1) is 26.1 Å². The summed E-state index contributed by atoms with van der Waals surface area (Å²) in [7, 11) is -3.35. The number of hydrogen-bond donors (Lipinski definition) is 0. The van der Waals surface area contributed by atoms with Gasteiger partial charge >= 0.3 is 0 Å². The molecule has 2 rings (SSSR count). The molecule has 2 aliphatic rings. The fourth-order valence-corrected chi connectivity index (χ4v) is 2.87. The van der Waals surface area contributed by atoms with Gasteiger partial charge in [0, 0.05) is 18.3 Å². The third kappa shape index (κ3) is 3.66. The molecule has 18 heavy (non-hydrogen) atoms. The molecule has 0 amide bonds. The minimum absolute atomic E-state index is 0.0621. The zero-order valence-corrected chi connectivity index (χ0v) is 12.1. The second-order valence-corrected chi connectivity index (χ2v) is 7.89. The van der Waals surface area contributed by atoms with Crippen LogP contribution in [-0.4, -0.2) is 40.3 Å². The van der Waals surface area contributed by atoms with Crippen LogP contribution in [0.15, 0.2) is 0 Å². The summed E-state index contributed by atoms with van der Waals surface area (Å²) in [5.74, 6) is -0.304. The minimum atomic E-state index is -3.35. The highest BCUT2D eigenvalue weighted by atomic mass is 32.2. The Bertz CT molecular complexity index is 391. The van der Waals surface area contributed by atoms with E-state index < -0.39 is 15.9 Å². The molecule has 1 heterocycles. The van der Waals surface area contributed by atoms with Gasteiger partial charge in [-0.2, -0.15) is 8.42 Å². The van der Waals surface area contributed by atoms with Gasteiger partial charge in [-0.1, -0.05) is 13.8 Å². The summed E-state index contributed by atoms with van der Waals surface area (Å²) in [6.45, 7) is 5.83. The first-order valence-electron chi connectivity index (χ1n) is 6.32. The van der Waals surface area contributed by atoms with Gasteiger partial charge in [0.2, 0.25) is 0 Å². The summed E-state index contributed by atoms with van der Waals surface area (Å²) in [5.41, 5.74) is 0.0621. The van der Waals surface area contributed by atoms with E-state index in [0.717, 1.165) is 25.5 Å². The Morgan fingerprint density at radius 3 is 2.44 bits per heavy atom. The van der Waals surface area contributed by atoms with Crippen molar-refractivity contribution in [1.82, 2.24) is 0 Å². The smallest absolute Gasteiger partial charge is 0.264 e. The molecule has 1 aliphatic carbocycles. The normalized spacial score (nSPS) is 30.7. The Morgan fingerprint density at radius 1 is 1.28 bits per heavy atom. The van der Waals surface area contributed by atoms with Gasteiger partial charge < -0.3 is 9.47 Å². The first-order chi connectivity index (χ1) is 8.20. The SMILES string of the molecule is CC1(C)COC2(CCC(COS(C)(=O)=O)C2)OC1. The molecule has 1 atom stereocenters. The van der Waals surface area contributed by atoms with Gasteiger partial charge in [-0.15, -0.1) is 0 Å². The molecule has 0 aromatic heterocycles. The van der Waals surface area contributed by atoms with Crippen molar-refractivity contribution < 1.29 is 22.1 Å². The number of hydrogen-bond acceptors (Lipinski definition) is 5. The van der Waals surface area contributed by atoms with Gasteiger partial charge in [-0.05, 0) is 12.3 Å². The van der Waals surface area contributed by atoms with Gasteiger partial charge in [0.1, 0.15) is 0 Å². The van der Waals surface area contributed by atoms with Crippen molar-refractivity contribution >= 4 is 10.1 Å². The van der Waals surface area contributed by atoms with Gasteiger partial charge in [0.15, 0.2) is 5.79 Å². The molecule has 0 N–H and O–H groups in total. The minimum Gasteiger partial charge on any atom is -0.349 e. The van der Waals surface area contributed by atoms with Gasteiger partial charge in [0.25, 0.3) is 10.1 Å². The molecule has 0 aromatic carbocycles. The molecule has 1 aliphatic heterocycles. The molecule has 106 valence electrons. The third-order valence-electron chi connectivity index (χ3n) is 3.50. The lowest BCUT2D eigenvalue weighted by Crippen LogP contribution is -2.46. The Labute approximate surface area is 109 Å². The molecule has 0 aromatic rings. The van der Waals surface area contributed by atoms with E-state index in [9.17, 15) is 8.42 Å². The van der Waals surface area contributed by atoms with Crippen molar-refractivity contribution in [3.8, 4) is 0 Å². The summed E-state index contributed by atoms with van der Waals surface area (Å²) >= 11 is 0. The lowest BCUT2D eigenvalue weighted by molar-refractivity contribution is -0.296. The first kappa shape index (κ1) is 14.2. The average molecular weight is 278 g/mol. The summed E-state index contributed by atoms with van der Waals surface area (Å²) in [6, 6.07) is 0. The Morgan fingerprint density at radius 2 is 1.89 bits per heavy atom. The maximum absolute atomic E-state index is 11.0. The van der Waals surface area contributed by atoms with E-state index in [0.29, 0.717) is 13.2 Å². The highest BCUT2D eigenvalue weighted by Gasteiger charge is 2.46. The maximum Gasteiger partial charge on any atom is 0.264 e. The molecule has 1 saturated heterocycles. The molecular weight excluding hydrogens is 256 g/mol. The predicted octanol–water partition coefficient (Wildman–Crippen LogP) is 1.53. The summed E-state index contributed by atoms with van der Waals surface area (Å²) in [6.07, 6.45) is 3.50. The zero-order valence-electron chi connectivity index (χ0n) is 11.3. The van der Waals surface area contributed by atoms with Gasteiger partial charge in [-0.3, -0.25) is 4.18 Å². The van der Waals surface area contributed by atoms with Crippen LogP contribution in [0.25, 0.3) is 0 Å². The Hall–Kier alpha value is -0.170.